The Morgan fingerprint density at radius 3 is 2.64 bits per heavy atom. The van der Waals surface area contributed by atoms with Gasteiger partial charge in [-0.25, -0.2) is 4.79 Å². The summed E-state index contributed by atoms with van der Waals surface area (Å²) in [5, 5.41) is 9.87. The molecule has 2 rings (SSSR count). The summed E-state index contributed by atoms with van der Waals surface area (Å²) in [7, 11) is 0. The number of carbonyl (C=O) groups excluding carboxylic acids is 1. The van der Waals surface area contributed by atoms with Gasteiger partial charge in [-0.3, -0.25) is 0 Å². The van der Waals surface area contributed by atoms with Gasteiger partial charge in [0.25, 0.3) is 0 Å². The standard InChI is InChI=1S/C9H14O5/c1-8(2)13-5-4-12-7(10)9(3,11)6(5)14-8/h5-6,11H,4H2,1-3H3. The van der Waals surface area contributed by atoms with Crippen LogP contribution in [0.15, 0.2) is 0 Å². The first kappa shape index (κ1) is 9.89. The Bertz CT molecular complexity index is 270. The third-order valence-electron chi connectivity index (χ3n) is 2.53. The first-order chi connectivity index (χ1) is 6.33. The van der Waals surface area contributed by atoms with Crippen LogP contribution in [0.1, 0.15) is 20.8 Å². The Labute approximate surface area is 81.9 Å². The maximum Gasteiger partial charge on any atom is 0.340 e. The van der Waals surface area contributed by atoms with Crippen molar-refractivity contribution in [2.75, 3.05) is 6.61 Å². The van der Waals surface area contributed by atoms with Gasteiger partial charge < -0.3 is 19.3 Å². The van der Waals surface area contributed by atoms with E-state index >= 15 is 0 Å². The third-order valence-corrected chi connectivity index (χ3v) is 2.53. The summed E-state index contributed by atoms with van der Waals surface area (Å²) in [6.07, 6.45) is -1.02. The molecule has 14 heavy (non-hydrogen) atoms. The predicted molar refractivity (Wildman–Crippen MR) is 45.4 cm³/mol. The van der Waals surface area contributed by atoms with Crippen molar-refractivity contribution < 1.29 is 24.1 Å². The zero-order chi connectivity index (χ0) is 10.6. The molecular weight excluding hydrogens is 188 g/mol. The molecule has 1 N–H and O–H groups in total. The van der Waals surface area contributed by atoms with E-state index in [1.807, 2.05) is 0 Å². The summed E-state index contributed by atoms with van der Waals surface area (Å²) in [4.78, 5) is 11.3. The van der Waals surface area contributed by atoms with Crippen LogP contribution in [0.4, 0.5) is 0 Å². The Morgan fingerprint density at radius 1 is 1.36 bits per heavy atom. The van der Waals surface area contributed by atoms with Gasteiger partial charge in [-0.05, 0) is 20.8 Å². The van der Waals surface area contributed by atoms with Gasteiger partial charge in [0, 0.05) is 0 Å². The van der Waals surface area contributed by atoms with Gasteiger partial charge in [0.2, 0.25) is 0 Å². The Morgan fingerprint density at radius 2 is 2.00 bits per heavy atom. The molecule has 2 heterocycles. The molecule has 0 aromatic rings. The zero-order valence-corrected chi connectivity index (χ0v) is 8.44. The fourth-order valence-corrected chi connectivity index (χ4v) is 1.85. The van der Waals surface area contributed by atoms with Gasteiger partial charge >= 0.3 is 5.97 Å². The quantitative estimate of drug-likeness (QED) is 0.552. The van der Waals surface area contributed by atoms with E-state index < -0.39 is 23.5 Å². The lowest BCUT2D eigenvalue weighted by Gasteiger charge is -2.34. The minimum absolute atomic E-state index is 0.142. The second-order valence-corrected chi connectivity index (χ2v) is 4.34. The van der Waals surface area contributed by atoms with Crippen molar-refractivity contribution in [3.8, 4) is 0 Å². The molecule has 0 aliphatic carbocycles. The molecule has 80 valence electrons. The van der Waals surface area contributed by atoms with E-state index in [0.717, 1.165) is 0 Å². The second-order valence-electron chi connectivity index (χ2n) is 4.34. The second kappa shape index (κ2) is 2.68. The summed E-state index contributed by atoms with van der Waals surface area (Å²) in [6, 6.07) is 0. The van der Waals surface area contributed by atoms with Gasteiger partial charge in [-0.2, -0.15) is 0 Å². The average Bonchev–Trinajstić information content (AvgIpc) is 2.35. The topological polar surface area (TPSA) is 65.0 Å². The monoisotopic (exact) mass is 202 g/mol. The molecule has 0 saturated carbocycles. The van der Waals surface area contributed by atoms with E-state index in [1.165, 1.54) is 6.92 Å². The smallest absolute Gasteiger partial charge is 0.340 e. The Kier molecular flexibility index (Phi) is 1.90. The molecule has 2 aliphatic rings. The molecule has 0 aromatic heterocycles. The van der Waals surface area contributed by atoms with Crippen LogP contribution in [0.5, 0.6) is 0 Å². The van der Waals surface area contributed by atoms with Gasteiger partial charge in [0.05, 0.1) is 0 Å². The number of hydrogen-bond donors (Lipinski definition) is 1. The minimum atomic E-state index is -1.61. The number of fused-ring (bicyclic) bond motifs is 1. The lowest BCUT2D eigenvalue weighted by molar-refractivity contribution is -0.196. The molecule has 3 atom stereocenters. The summed E-state index contributed by atoms with van der Waals surface area (Å²) < 4.78 is 15.7. The molecule has 0 bridgehead atoms. The molecule has 3 unspecified atom stereocenters. The van der Waals surface area contributed by atoms with Crippen LogP contribution < -0.4 is 0 Å². The number of aliphatic hydroxyl groups is 1. The number of ether oxygens (including phenoxy) is 3. The largest absolute Gasteiger partial charge is 0.461 e. The van der Waals surface area contributed by atoms with E-state index in [-0.39, 0.29) is 12.7 Å². The lowest BCUT2D eigenvalue weighted by atomic mass is 9.93. The highest BCUT2D eigenvalue weighted by Crippen LogP contribution is 2.37. The van der Waals surface area contributed by atoms with Crippen LogP contribution in [0, 0.1) is 0 Å². The predicted octanol–water partition coefficient (Wildman–Crippen LogP) is -0.186. The van der Waals surface area contributed by atoms with E-state index in [4.69, 9.17) is 14.2 Å². The van der Waals surface area contributed by atoms with Crippen molar-refractivity contribution in [3.05, 3.63) is 0 Å². The van der Waals surface area contributed by atoms with E-state index in [2.05, 4.69) is 0 Å². The van der Waals surface area contributed by atoms with Gasteiger partial charge in [0.1, 0.15) is 18.8 Å². The SMILES string of the molecule is CC1(C)OC2COC(=O)C(C)(O)C2O1. The van der Waals surface area contributed by atoms with Crippen LogP contribution >= 0.6 is 0 Å². The summed E-state index contributed by atoms with van der Waals surface area (Å²) in [6.45, 7) is 5.01. The number of esters is 1. The highest BCUT2D eigenvalue weighted by Gasteiger charge is 2.57. The molecule has 0 spiro atoms. The number of cyclic esters (lactones) is 1. The molecule has 2 aliphatic heterocycles. The van der Waals surface area contributed by atoms with Gasteiger partial charge in [0.15, 0.2) is 11.4 Å². The van der Waals surface area contributed by atoms with Crippen LogP contribution in [0.2, 0.25) is 0 Å². The summed E-state index contributed by atoms with van der Waals surface area (Å²) >= 11 is 0. The third kappa shape index (κ3) is 1.32. The van der Waals surface area contributed by atoms with Crippen LogP contribution in [0.25, 0.3) is 0 Å². The molecule has 5 heteroatoms. The molecular formula is C9H14O5. The number of rotatable bonds is 0. The molecule has 5 nitrogen and oxygen atoms in total. The average molecular weight is 202 g/mol. The summed E-state index contributed by atoms with van der Waals surface area (Å²) in [5.74, 6) is -1.42. The van der Waals surface area contributed by atoms with E-state index in [0.29, 0.717) is 0 Å². The first-order valence-electron chi connectivity index (χ1n) is 4.58. The van der Waals surface area contributed by atoms with Gasteiger partial charge in [-0.1, -0.05) is 0 Å². The lowest BCUT2D eigenvalue weighted by Crippen LogP contribution is -2.57. The van der Waals surface area contributed by atoms with Crippen LogP contribution in [-0.4, -0.2) is 41.3 Å². The fourth-order valence-electron chi connectivity index (χ4n) is 1.85. The van der Waals surface area contributed by atoms with Crippen LogP contribution in [0.3, 0.4) is 0 Å². The molecule has 0 aromatic carbocycles. The molecule has 2 saturated heterocycles. The Hall–Kier alpha value is -0.650. The number of carbonyl (C=O) groups is 1. The summed E-state index contributed by atoms with van der Waals surface area (Å²) in [5.41, 5.74) is -1.61. The van der Waals surface area contributed by atoms with Crippen molar-refractivity contribution >= 4 is 5.97 Å². The molecule has 0 amide bonds. The van der Waals surface area contributed by atoms with Crippen molar-refractivity contribution in [2.45, 2.75) is 44.4 Å². The van der Waals surface area contributed by atoms with Crippen molar-refractivity contribution in [1.29, 1.82) is 0 Å². The maximum atomic E-state index is 11.3. The number of hydrogen-bond acceptors (Lipinski definition) is 5. The fraction of sp³-hybridized carbons (Fsp3) is 0.889. The van der Waals surface area contributed by atoms with Crippen molar-refractivity contribution in [2.24, 2.45) is 0 Å². The maximum absolute atomic E-state index is 11.3. The van der Waals surface area contributed by atoms with Crippen molar-refractivity contribution in [1.82, 2.24) is 0 Å². The molecule has 0 radical (unpaired) electrons. The highest BCUT2D eigenvalue weighted by atomic mass is 16.8. The minimum Gasteiger partial charge on any atom is -0.461 e. The molecule has 2 fully saturated rings. The van der Waals surface area contributed by atoms with Gasteiger partial charge in [-0.15, -0.1) is 0 Å². The first-order valence-corrected chi connectivity index (χ1v) is 4.58. The normalized spacial score (nSPS) is 45.9. The zero-order valence-electron chi connectivity index (χ0n) is 8.44. The van der Waals surface area contributed by atoms with E-state index in [1.54, 1.807) is 13.8 Å². The van der Waals surface area contributed by atoms with Crippen molar-refractivity contribution in [3.63, 3.8) is 0 Å². The highest BCUT2D eigenvalue weighted by molar-refractivity contribution is 5.80. The van der Waals surface area contributed by atoms with Crippen LogP contribution in [-0.2, 0) is 19.0 Å². The van der Waals surface area contributed by atoms with E-state index in [9.17, 15) is 9.90 Å². The Balaban J connectivity index is 2.25.